The number of hydrogen-bond acceptors (Lipinski definition) is 3. The number of benzene rings is 1. The second-order valence-electron chi connectivity index (χ2n) is 5.46. The Kier molecular flexibility index (Phi) is 4.37. The standard InChI is InChI=1S/C16H15F3N4O/c17-16(18,19)14-4-2-1-3-13(14)12-5-8-22(9-6-12)15(24)11-23-10-7-20-21-23/h1-5,7,10H,6,8-9,11H2. The van der Waals surface area contributed by atoms with Crippen molar-refractivity contribution in [2.75, 3.05) is 13.1 Å². The molecule has 0 aliphatic carbocycles. The molecule has 1 aliphatic rings. The number of hydrogen-bond donors (Lipinski definition) is 0. The minimum absolute atomic E-state index is 0.0717. The van der Waals surface area contributed by atoms with Gasteiger partial charge in [-0.1, -0.05) is 29.5 Å². The summed E-state index contributed by atoms with van der Waals surface area (Å²) in [4.78, 5) is 13.8. The van der Waals surface area contributed by atoms with E-state index in [1.165, 1.54) is 23.0 Å². The normalized spacial score (nSPS) is 15.3. The summed E-state index contributed by atoms with van der Waals surface area (Å²) in [7, 11) is 0. The molecular weight excluding hydrogens is 321 g/mol. The smallest absolute Gasteiger partial charge is 0.337 e. The first-order valence-corrected chi connectivity index (χ1v) is 7.42. The molecule has 126 valence electrons. The topological polar surface area (TPSA) is 51.0 Å². The van der Waals surface area contributed by atoms with Crippen LogP contribution in [0.15, 0.2) is 42.7 Å². The Hall–Kier alpha value is -2.64. The van der Waals surface area contributed by atoms with E-state index in [0.29, 0.717) is 18.5 Å². The van der Waals surface area contributed by atoms with E-state index < -0.39 is 11.7 Å². The third-order valence-corrected chi connectivity index (χ3v) is 3.91. The zero-order valence-electron chi connectivity index (χ0n) is 12.7. The van der Waals surface area contributed by atoms with Crippen LogP contribution in [0.25, 0.3) is 5.57 Å². The van der Waals surface area contributed by atoms with Crippen LogP contribution in [0.4, 0.5) is 13.2 Å². The van der Waals surface area contributed by atoms with Gasteiger partial charge in [0.1, 0.15) is 6.54 Å². The number of amides is 1. The number of alkyl halides is 3. The Morgan fingerprint density at radius 3 is 2.67 bits per heavy atom. The number of rotatable bonds is 3. The molecule has 0 radical (unpaired) electrons. The lowest BCUT2D eigenvalue weighted by Gasteiger charge is -2.27. The molecule has 1 aromatic heterocycles. The molecule has 24 heavy (non-hydrogen) atoms. The molecule has 1 amide bonds. The fourth-order valence-electron chi connectivity index (χ4n) is 2.71. The van der Waals surface area contributed by atoms with E-state index in [-0.39, 0.29) is 24.6 Å². The number of carbonyl (C=O) groups excluding carboxylic acids is 1. The third-order valence-electron chi connectivity index (χ3n) is 3.91. The molecule has 0 saturated heterocycles. The van der Waals surface area contributed by atoms with E-state index in [2.05, 4.69) is 10.3 Å². The lowest BCUT2D eigenvalue weighted by molar-refractivity contribution is -0.138. The van der Waals surface area contributed by atoms with Crippen molar-refractivity contribution in [3.05, 3.63) is 53.9 Å². The Morgan fingerprint density at radius 2 is 2.04 bits per heavy atom. The number of aromatic nitrogens is 3. The molecule has 5 nitrogen and oxygen atoms in total. The molecular formula is C16H15F3N4O. The van der Waals surface area contributed by atoms with Gasteiger partial charge in [-0.05, 0) is 23.6 Å². The maximum absolute atomic E-state index is 13.1. The van der Waals surface area contributed by atoms with Crippen molar-refractivity contribution < 1.29 is 18.0 Å². The van der Waals surface area contributed by atoms with Crippen LogP contribution < -0.4 is 0 Å². The zero-order valence-corrected chi connectivity index (χ0v) is 12.7. The second-order valence-corrected chi connectivity index (χ2v) is 5.46. The minimum atomic E-state index is -4.39. The molecule has 0 N–H and O–H groups in total. The molecule has 0 unspecified atom stereocenters. The van der Waals surface area contributed by atoms with E-state index in [1.807, 2.05) is 0 Å². The van der Waals surface area contributed by atoms with Crippen LogP contribution in [0.5, 0.6) is 0 Å². The van der Waals surface area contributed by atoms with Gasteiger partial charge < -0.3 is 4.90 Å². The van der Waals surface area contributed by atoms with Crippen LogP contribution in [0, 0.1) is 0 Å². The SMILES string of the molecule is O=C(Cn1ccnn1)N1CC=C(c2ccccc2C(F)(F)F)CC1. The third kappa shape index (κ3) is 3.47. The van der Waals surface area contributed by atoms with Crippen LogP contribution >= 0.6 is 0 Å². The molecule has 0 fully saturated rings. The van der Waals surface area contributed by atoms with E-state index >= 15 is 0 Å². The highest BCUT2D eigenvalue weighted by molar-refractivity contribution is 5.78. The van der Waals surface area contributed by atoms with Gasteiger partial charge in [-0.2, -0.15) is 13.2 Å². The Bertz CT molecular complexity index is 753. The van der Waals surface area contributed by atoms with Gasteiger partial charge in [0.15, 0.2) is 0 Å². The van der Waals surface area contributed by atoms with Gasteiger partial charge in [0.05, 0.1) is 11.8 Å². The van der Waals surface area contributed by atoms with Gasteiger partial charge in [-0.3, -0.25) is 4.79 Å². The van der Waals surface area contributed by atoms with Crippen LogP contribution in [0.2, 0.25) is 0 Å². The van der Waals surface area contributed by atoms with Crippen molar-refractivity contribution in [1.29, 1.82) is 0 Å². The lowest BCUT2D eigenvalue weighted by atomic mass is 9.94. The van der Waals surface area contributed by atoms with E-state index in [1.54, 1.807) is 23.2 Å². The summed E-state index contributed by atoms with van der Waals surface area (Å²) in [5, 5.41) is 7.36. The van der Waals surface area contributed by atoms with Gasteiger partial charge in [0, 0.05) is 19.3 Å². The summed E-state index contributed by atoms with van der Waals surface area (Å²) in [6.07, 6.45) is 0.749. The Labute approximate surface area is 136 Å². The summed E-state index contributed by atoms with van der Waals surface area (Å²) < 4.78 is 40.8. The van der Waals surface area contributed by atoms with Gasteiger partial charge in [0.25, 0.3) is 0 Å². The summed E-state index contributed by atoms with van der Waals surface area (Å²) >= 11 is 0. The van der Waals surface area contributed by atoms with Crippen molar-refractivity contribution in [3.63, 3.8) is 0 Å². The summed E-state index contributed by atoms with van der Waals surface area (Å²) in [5.41, 5.74) is 0.166. The highest BCUT2D eigenvalue weighted by Gasteiger charge is 2.34. The fourth-order valence-corrected chi connectivity index (χ4v) is 2.71. The number of carbonyl (C=O) groups is 1. The molecule has 2 heterocycles. The summed E-state index contributed by atoms with van der Waals surface area (Å²) in [6.45, 7) is 0.739. The first-order chi connectivity index (χ1) is 11.4. The molecule has 0 atom stereocenters. The molecule has 8 heteroatoms. The predicted molar refractivity (Wildman–Crippen MR) is 80.6 cm³/mol. The second kappa shape index (κ2) is 6.46. The van der Waals surface area contributed by atoms with Crippen LogP contribution in [-0.2, 0) is 17.5 Å². The average Bonchev–Trinajstić information content (AvgIpc) is 3.07. The Balaban J connectivity index is 1.73. The van der Waals surface area contributed by atoms with Crippen molar-refractivity contribution in [1.82, 2.24) is 19.9 Å². The highest BCUT2D eigenvalue weighted by Crippen LogP contribution is 2.36. The monoisotopic (exact) mass is 336 g/mol. The van der Waals surface area contributed by atoms with Crippen molar-refractivity contribution in [2.45, 2.75) is 19.1 Å². The van der Waals surface area contributed by atoms with Crippen LogP contribution in [0.3, 0.4) is 0 Å². The minimum Gasteiger partial charge on any atom is -0.337 e. The number of halogens is 3. The molecule has 3 rings (SSSR count). The predicted octanol–water partition coefficient (Wildman–Crippen LogP) is 2.61. The van der Waals surface area contributed by atoms with E-state index in [0.717, 1.165) is 6.07 Å². The molecule has 0 spiro atoms. The highest BCUT2D eigenvalue weighted by atomic mass is 19.4. The van der Waals surface area contributed by atoms with E-state index in [9.17, 15) is 18.0 Å². The van der Waals surface area contributed by atoms with E-state index in [4.69, 9.17) is 0 Å². The molecule has 0 saturated carbocycles. The molecule has 2 aromatic rings. The van der Waals surface area contributed by atoms with Crippen molar-refractivity contribution >= 4 is 11.5 Å². The fraction of sp³-hybridized carbons (Fsp3) is 0.312. The average molecular weight is 336 g/mol. The van der Waals surface area contributed by atoms with Crippen molar-refractivity contribution in [2.24, 2.45) is 0 Å². The molecule has 0 bridgehead atoms. The Morgan fingerprint density at radius 1 is 1.25 bits per heavy atom. The van der Waals surface area contributed by atoms with Gasteiger partial charge >= 0.3 is 6.18 Å². The first-order valence-electron chi connectivity index (χ1n) is 7.42. The van der Waals surface area contributed by atoms with Crippen molar-refractivity contribution in [3.8, 4) is 0 Å². The van der Waals surface area contributed by atoms with Gasteiger partial charge in [-0.15, -0.1) is 5.10 Å². The largest absolute Gasteiger partial charge is 0.416 e. The quantitative estimate of drug-likeness (QED) is 0.866. The maximum atomic E-state index is 13.1. The summed E-state index contributed by atoms with van der Waals surface area (Å²) in [6, 6.07) is 5.53. The molecule has 1 aliphatic heterocycles. The lowest BCUT2D eigenvalue weighted by Crippen LogP contribution is -2.37. The van der Waals surface area contributed by atoms with Gasteiger partial charge in [0.2, 0.25) is 5.91 Å². The number of nitrogens with zero attached hydrogens (tertiary/aromatic N) is 4. The first kappa shape index (κ1) is 16.2. The van der Waals surface area contributed by atoms with Crippen LogP contribution in [-0.4, -0.2) is 38.9 Å². The molecule has 1 aromatic carbocycles. The van der Waals surface area contributed by atoms with Crippen LogP contribution in [0.1, 0.15) is 17.5 Å². The maximum Gasteiger partial charge on any atom is 0.416 e. The van der Waals surface area contributed by atoms with Gasteiger partial charge in [-0.25, -0.2) is 4.68 Å². The summed E-state index contributed by atoms with van der Waals surface area (Å²) in [5.74, 6) is -0.139. The zero-order chi connectivity index (χ0) is 17.2.